The van der Waals surface area contributed by atoms with Gasteiger partial charge >= 0.3 is 0 Å². The summed E-state index contributed by atoms with van der Waals surface area (Å²) in [4.78, 5) is 0. The molecule has 0 aromatic carbocycles. The maximum Gasteiger partial charge on any atom is 0.0989 e. The van der Waals surface area contributed by atoms with Crippen LogP contribution < -0.4 is 0 Å². The largest absolute Gasteiger partial charge is 0.393 e. The van der Waals surface area contributed by atoms with Crippen molar-refractivity contribution < 1.29 is 20.4 Å². The fraction of sp³-hybridized carbons (Fsp3) is 0.778. The Bertz CT molecular complexity index is 741. The Labute approximate surface area is 188 Å². The second-order valence-electron chi connectivity index (χ2n) is 11.6. The van der Waals surface area contributed by atoms with Crippen LogP contribution in [0.4, 0.5) is 0 Å². The maximum atomic E-state index is 11.9. The van der Waals surface area contributed by atoms with Crippen LogP contribution in [0, 0.1) is 11.3 Å². The summed E-state index contributed by atoms with van der Waals surface area (Å²) in [5, 5.41) is 43.4. The van der Waals surface area contributed by atoms with Crippen molar-refractivity contribution >= 4 is 0 Å². The Balaban J connectivity index is 1.80. The standard InChI is InChI=1S/C27H44O4/c1-19-9-12-22(28)18-21(19)11-10-20-8-6-15-25(4)23(20)13-17-27(25,31)26(5,30)16-7-14-24(2,3)29/h10-11,22-23,28-31H,1,6-9,12-18H2,2-5H3/b20-10?,21-11-/t22-,23?,25-,26-,27+/m0/s1. The van der Waals surface area contributed by atoms with E-state index < -0.39 is 16.8 Å². The molecule has 4 N–H and O–H groups in total. The van der Waals surface area contributed by atoms with Crippen LogP contribution in [-0.2, 0) is 0 Å². The predicted molar refractivity (Wildman–Crippen MR) is 126 cm³/mol. The highest BCUT2D eigenvalue weighted by molar-refractivity contribution is 5.37. The number of aliphatic hydroxyl groups is 4. The van der Waals surface area contributed by atoms with E-state index in [1.807, 2.05) is 0 Å². The predicted octanol–water partition coefficient (Wildman–Crippen LogP) is 4.96. The van der Waals surface area contributed by atoms with Gasteiger partial charge in [-0.25, -0.2) is 0 Å². The summed E-state index contributed by atoms with van der Waals surface area (Å²) >= 11 is 0. The molecular weight excluding hydrogens is 388 g/mol. The van der Waals surface area contributed by atoms with Crippen molar-refractivity contribution in [3.8, 4) is 0 Å². The van der Waals surface area contributed by atoms with Gasteiger partial charge in [0.05, 0.1) is 22.9 Å². The van der Waals surface area contributed by atoms with Crippen molar-refractivity contribution in [2.24, 2.45) is 11.3 Å². The maximum absolute atomic E-state index is 11.9. The Morgan fingerprint density at radius 2 is 1.77 bits per heavy atom. The zero-order chi connectivity index (χ0) is 23.1. The average Bonchev–Trinajstić information content (AvgIpc) is 2.94. The molecule has 3 aliphatic rings. The smallest absolute Gasteiger partial charge is 0.0989 e. The zero-order valence-corrected chi connectivity index (χ0v) is 20.1. The second-order valence-corrected chi connectivity index (χ2v) is 11.6. The van der Waals surface area contributed by atoms with E-state index in [9.17, 15) is 20.4 Å². The average molecular weight is 433 g/mol. The number of hydrogen-bond donors (Lipinski definition) is 4. The van der Waals surface area contributed by atoms with Crippen molar-refractivity contribution in [2.75, 3.05) is 0 Å². The lowest BCUT2D eigenvalue weighted by atomic mass is 9.57. The first kappa shape index (κ1) is 24.7. The number of fused-ring (bicyclic) bond motifs is 1. The van der Waals surface area contributed by atoms with Crippen molar-refractivity contribution in [1.82, 2.24) is 0 Å². The number of allylic oxidation sites excluding steroid dienone is 4. The van der Waals surface area contributed by atoms with Gasteiger partial charge in [0, 0.05) is 5.41 Å². The van der Waals surface area contributed by atoms with E-state index in [1.54, 1.807) is 20.8 Å². The minimum atomic E-state index is -1.19. The number of rotatable bonds is 6. The molecule has 3 saturated carbocycles. The monoisotopic (exact) mass is 432 g/mol. The second kappa shape index (κ2) is 8.78. The summed E-state index contributed by atoms with van der Waals surface area (Å²) in [5.41, 5.74) is 0.176. The molecule has 3 fully saturated rings. The highest BCUT2D eigenvalue weighted by Crippen LogP contribution is 2.63. The van der Waals surface area contributed by atoms with Crippen LogP contribution >= 0.6 is 0 Å². The van der Waals surface area contributed by atoms with Gasteiger partial charge in [0.15, 0.2) is 0 Å². The third-order valence-electron chi connectivity index (χ3n) is 8.65. The molecule has 5 atom stereocenters. The lowest BCUT2D eigenvalue weighted by Crippen LogP contribution is -2.61. The first-order valence-corrected chi connectivity index (χ1v) is 12.2. The molecule has 0 bridgehead atoms. The van der Waals surface area contributed by atoms with Gasteiger partial charge in [0.1, 0.15) is 0 Å². The normalized spacial score (nSPS) is 39.0. The summed E-state index contributed by atoms with van der Waals surface area (Å²) in [6, 6.07) is 0. The quantitative estimate of drug-likeness (QED) is 0.478. The molecule has 4 heteroatoms. The Morgan fingerprint density at radius 3 is 2.45 bits per heavy atom. The molecule has 31 heavy (non-hydrogen) atoms. The van der Waals surface area contributed by atoms with Gasteiger partial charge in [-0.15, -0.1) is 0 Å². The summed E-state index contributed by atoms with van der Waals surface area (Å²) in [6.07, 6.45) is 12.6. The molecule has 0 spiro atoms. The first-order chi connectivity index (χ1) is 14.3. The SMILES string of the molecule is C=C1CC[C@H](O)C/C1=C/C=C1CCC[C@@]2(C)C1CC[C@]2(O)[C@@](C)(O)CCCC(C)(C)O. The lowest BCUT2D eigenvalue weighted by Gasteiger charge is -2.53. The fourth-order valence-electron chi connectivity index (χ4n) is 6.61. The van der Waals surface area contributed by atoms with Crippen molar-refractivity contribution in [3.63, 3.8) is 0 Å². The van der Waals surface area contributed by atoms with Crippen molar-refractivity contribution in [3.05, 3.63) is 35.5 Å². The first-order valence-electron chi connectivity index (χ1n) is 12.2. The van der Waals surface area contributed by atoms with Crippen LogP contribution in [0.5, 0.6) is 0 Å². The van der Waals surface area contributed by atoms with E-state index in [-0.39, 0.29) is 17.4 Å². The molecule has 3 rings (SSSR count). The van der Waals surface area contributed by atoms with Gasteiger partial charge in [0.25, 0.3) is 0 Å². The van der Waals surface area contributed by atoms with Gasteiger partial charge in [-0.3, -0.25) is 0 Å². The summed E-state index contributed by atoms with van der Waals surface area (Å²) in [5.74, 6) is 0.255. The van der Waals surface area contributed by atoms with Gasteiger partial charge < -0.3 is 20.4 Å². The minimum absolute atomic E-state index is 0.255. The minimum Gasteiger partial charge on any atom is -0.393 e. The number of hydrogen-bond acceptors (Lipinski definition) is 4. The van der Waals surface area contributed by atoms with E-state index in [1.165, 1.54) is 5.57 Å². The molecule has 0 aromatic heterocycles. The third kappa shape index (κ3) is 4.88. The molecular formula is C27H44O4. The summed E-state index contributed by atoms with van der Waals surface area (Å²) in [6.45, 7) is 11.7. The van der Waals surface area contributed by atoms with Crippen LogP contribution in [0.2, 0.25) is 0 Å². The molecule has 4 nitrogen and oxygen atoms in total. The van der Waals surface area contributed by atoms with Gasteiger partial charge in [-0.05, 0) is 103 Å². The zero-order valence-electron chi connectivity index (χ0n) is 20.1. The van der Waals surface area contributed by atoms with E-state index >= 15 is 0 Å². The highest BCUT2D eigenvalue weighted by Gasteiger charge is 2.64. The molecule has 3 aliphatic carbocycles. The molecule has 0 heterocycles. The van der Waals surface area contributed by atoms with Gasteiger partial charge in [-0.1, -0.05) is 36.8 Å². The molecule has 0 saturated heterocycles. The Kier molecular flexibility index (Phi) is 6.99. The summed E-state index contributed by atoms with van der Waals surface area (Å²) < 4.78 is 0. The van der Waals surface area contributed by atoms with Crippen LogP contribution in [0.15, 0.2) is 35.5 Å². The molecule has 176 valence electrons. The van der Waals surface area contributed by atoms with Crippen LogP contribution in [0.25, 0.3) is 0 Å². The third-order valence-corrected chi connectivity index (χ3v) is 8.65. The highest BCUT2D eigenvalue weighted by atomic mass is 16.4. The Morgan fingerprint density at radius 1 is 1.06 bits per heavy atom. The van der Waals surface area contributed by atoms with Crippen LogP contribution in [-0.4, -0.2) is 43.3 Å². The fourth-order valence-corrected chi connectivity index (χ4v) is 6.61. The number of aliphatic hydroxyl groups excluding tert-OH is 1. The molecule has 0 aliphatic heterocycles. The Hall–Kier alpha value is -0.940. The van der Waals surface area contributed by atoms with Gasteiger partial charge in [-0.2, -0.15) is 0 Å². The van der Waals surface area contributed by atoms with Crippen molar-refractivity contribution in [1.29, 1.82) is 0 Å². The van der Waals surface area contributed by atoms with E-state index in [0.29, 0.717) is 32.1 Å². The van der Waals surface area contributed by atoms with Crippen LogP contribution in [0.3, 0.4) is 0 Å². The van der Waals surface area contributed by atoms with E-state index in [2.05, 4.69) is 25.7 Å². The van der Waals surface area contributed by atoms with Crippen LogP contribution in [0.1, 0.15) is 98.3 Å². The molecule has 0 aromatic rings. The lowest BCUT2D eigenvalue weighted by molar-refractivity contribution is -0.204. The summed E-state index contributed by atoms with van der Waals surface area (Å²) in [7, 11) is 0. The molecule has 1 unspecified atom stereocenters. The topological polar surface area (TPSA) is 80.9 Å². The van der Waals surface area contributed by atoms with Gasteiger partial charge in [0.2, 0.25) is 0 Å². The molecule has 0 amide bonds. The molecule has 0 radical (unpaired) electrons. The van der Waals surface area contributed by atoms with E-state index in [4.69, 9.17) is 0 Å². The van der Waals surface area contributed by atoms with Crippen molar-refractivity contribution in [2.45, 2.75) is 121 Å². The van der Waals surface area contributed by atoms with E-state index in [0.717, 1.165) is 49.7 Å².